The van der Waals surface area contributed by atoms with Gasteiger partial charge in [-0.2, -0.15) is 0 Å². The van der Waals surface area contributed by atoms with E-state index < -0.39 is 17.8 Å². The van der Waals surface area contributed by atoms with E-state index in [9.17, 15) is 14.7 Å². The third-order valence-electron chi connectivity index (χ3n) is 3.26. The van der Waals surface area contributed by atoms with Crippen LogP contribution < -0.4 is 10.2 Å². The summed E-state index contributed by atoms with van der Waals surface area (Å²) >= 11 is 5.24. The van der Waals surface area contributed by atoms with E-state index in [1.807, 2.05) is 6.07 Å². The molecule has 2 heterocycles. The van der Waals surface area contributed by atoms with Gasteiger partial charge in [0.2, 0.25) is 0 Å². The summed E-state index contributed by atoms with van der Waals surface area (Å²) in [5.41, 5.74) is 1.37. The van der Waals surface area contributed by atoms with Crippen LogP contribution in [0.3, 0.4) is 0 Å². The zero-order valence-electron chi connectivity index (χ0n) is 10.0. The molecule has 2 aliphatic heterocycles. The quantitative estimate of drug-likeness (QED) is 0.749. The van der Waals surface area contributed by atoms with Crippen LogP contribution >= 0.6 is 12.2 Å². The fraction of sp³-hybridized carbons (Fsp3) is 0.154. The molecular weight excluding hydrogens is 264 g/mol. The first-order valence-corrected chi connectivity index (χ1v) is 6.10. The number of ketones is 1. The summed E-state index contributed by atoms with van der Waals surface area (Å²) < 4.78 is 0. The van der Waals surface area contributed by atoms with Crippen LogP contribution in [-0.4, -0.2) is 28.0 Å². The van der Waals surface area contributed by atoms with E-state index in [0.29, 0.717) is 16.2 Å². The lowest BCUT2D eigenvalue weighted by Crippen LogP contribution is -2.52. The number of aliphatic hydroxyl groups excluding tert-OH is 1. The van der Waals surface area contributed by atoms with Crippen LogP contribution in [0.2, 0.25) is 0 Å². The molecule has 0 bridgehead atoms. The Morgan fingerprint density at radius 1 is 1.42 bits per heavy atom. The Morgan fingerprint density at radius 3 is 2.79 bits per heavy atom. The van der Waals surface area contributed by atoms with Crippen LogP contribution in [0.4, 0.5) is 5.69 Å². The van der Waals surface area contributed by atoms with E-state index >= 15 is 0 Å². The number of nitrogens with zero attached hydrogens (tertiary/aromatic N) is 1. The molecule has 0 aromatic heterocycles. The normalized spacial score (nSPS) is 21.1. The SMILES string of the molecule is CC(=O)C1=C(O)C(=O)N2c3ccccc3C(=S)NC12. The number of carbonyl (C=O) groups is 2. The van der Waals surface area contributed by atoms with Gasteiger partial charge in [0.15, 0.2) is 11.5 Å². The van der Waals surface area contributed by atoms with Crippen molar-refractivity contribution in [1.29, 1.82) is 0 Å². The number of thiocarbonyl (C=S) groups is 1. The van der Waals surface area contributed by atoms with Gasteiger partial charge in [0.25, 0.3) is 5.91 Å². The summed E-state index contributed by atoms with van der Waals surface area (Å²) in [5.74, 6) is -1.45. The minimum Gasteiger partial charge on any atom is -0.503 e. The molecule has 0 radical (unpaired) electrons. The Kier molecular flexibility index (Phi) is 2.43. The zero-order chi connectivity index (χ0) is 13.7. The molecule has 1 aromatic carbocycles. The number of carbonyl (C=O) groups excluding carboxylic acids is 2. The fourth-order valence-corrected chi connectivity index (χ4v) is 2.71. The Morgan fingerprint density at radius 2 is 2.11 bits per heavy atom. The van der Waals surface area contributed by atoms with Gasteiger partial charge in [-0.3, -0.25) is 14.5 Å². The third kappa shape index (κ3) is 1.50. The molecule has 1 atom stereocenters. The molecule has 5 nitrogen and oxygen atoms in total. The number of anilines is 1. The zero-order valence-corrected chi connectivity index (χ0v) is 10.8. The second kappa shape index (κ2) is 3.89. The number of hydrogen-bond acceptors (Lipinski definition) is 4. The first kappa shape index (κ1) is 11.9. The van der Waals surface area contributed by atoms with Crippen molar-refractivity contribution >= 4 is 34.6 Å². The number of hydrogen-bond donors (Lipinski definition) is 2. The van der Waals surface area contributed by atoms with E-state index in [2.05, 4.69) is 5.32 Å². The van der Waals surface area contributed by atoms with E-state index in [-0.39, 0.29) is 11.4 Å². The minimum atomic E-state index is -0.715. The van der Waals surface area contributed by atoms with Gasteiger partial charge in [0, 0.05) is 5.56 Å². The molecule has 0 aliphatic carbocycles. The molecule has 6 heteroatoms. The smallest absolute Gasteiger partial charge is 0.295 e. The standard InChI is InChI=1S/C13H10N2O3S/c1-6(16)9-10(17)13(18)15-8-5-3-2-4-7(8)12(19)14-11(9)15/h2-5,11,17H,1H3,(H,14,19). The molecule has 1 aromatic rings. The predicted molar refractivity (Wildman–Crippen MR) is 72.9 cm³/mol. The molecule has 1 unspecified atom stereocenters. The van der Waals surface area contributed by atoms with E-state index in [0.717, 1.165) is 0 Å². The first-order valence-electron chi connectivity index (χ1n) is 5.70. The average Bonchev–Trinajstić information content (AvgIpc) is 2.62. The molecule has 2 aliphatic rings. The number of para-hydroxylation sites is 1. The van der Waals surface area contributed by atoms with Crippen molar-refractivity contribution in [3.05, 3.63) is 41.2 Å². The van der Waals surface area contributed by atoms with Crippen molar-refractivity contribution in [3.8, 4) is 0 Å². The molecule has 1 amide bonds. The van der Waals surface area contributed by atoms with Crippen molar-refractivity contribution in [2.24, 2.45) is 0 Å². The second-order valence-corrected chi connectivity index (χ2v) is 4.80. The van der Waals surface area contributed by atoms with E-state index in [1.54, 1.807) is 18.2 Å². The van der Waals surface area contributed by atoms with Gasteiger partial charge in [-0.1, -0.05) is 24.4 Å². The number of aliphatic hydroxyl groups is 1. The average molecular weight is 274 g/mol. The van der Waals surface area contributed by atoms with Gasteiger partial charge in [-0.05, 0) is 19.1 Å². The summed E-state index contributed by atoms with van der Waals surface area (Å²) in [6.07, 6.45) is -0.715. The minimum absolute atomic E-state index is 0.0573. The van der Waals surface area contributed by atoms with Gasteiger partial charge in [-0.25, -0.2) is 0 Å². The van der Waals surface area contributed by atoms with Crippen LogP contribution in [-0.2, 0) is 9.59 Å². The third-order valence-corrected chi connectivity index (χ3v) is 3.60. The van der Waals surface area contributed by atoms with Crippen LogP contribution in [0.1, 0.15) is 12.5 Å². The largest absolute Gasteiger partial charge is 0.503 e. The molecule has 3 rings (SSSR count). The highest BCUT2D eigenvalue weighted by atomic mass is 32.1. The van der Waals surface area contributed by atoms with Crippen molar-refractivity contribution in [3.63, 3.8) is 0 Å². The van der Waals surface area contributed by atoms with Gasteiger partial charge < -0.3 is 10.4 Å². The van der Waals surface area contributed by atoms with Crippen LogP contribution in [0, 0.1) is 0 Å². The number of nitrogens with one attached hydrogen (secondary N) is 1. The Hall–Kier alpha value is -2.21. The van der Waals surface area contributed by atoms with Crippen LogP contribution in [0.5, 0.6) is 0 Å². The number of amides is 1. The molecule has 0 saturated heterocycles. The maximum absolute atomic E-state index is 12.1. The molecule has 2 N–H and O–H groups in total. The van der Waals surface area contributed by atoms with Gasteiger partial charge in [0.1, 0.15) is 11.2 Å². The predicted octanol–water partition coefficient (Wildman–Crippen LogP) is 1.04. The summed E-state index contributed by atoms with van der Waals surface area (Å²) in [5, 5.41) is 12.8. The molecule has 0 saturated carbocycles. The van der Waals surface area contributed by atoms with E-state index in [1.165, 1.54) is 11.8 Å². The van der Waals surface area contributed by atoms with Gasteiger partial charge in [0.05, 0.1) is 11.3 Å². The number of rotatable bonds is 1. The number of fused-ring (bicyclic) bond motifs is 3. The molecule has 0 spiro atoms. The van der Waals surface area contributed by atoms with Crippen molar-refractivity contribution in [1.82, 2.24) is 5.32 Å². The fourth-order valence-electron chi connectivity index (χ4n) is 2.43. The maximum Gasteiger partial charge on any atom is 0.295 e. The Labute approximate surface area is 114 Å². The highest BCUT2D eigenvalue weighted by Gasteiger charge is 2.45. The van der Waals surface area contributed by atoms with E-state index in [4.69, 9.17) is 12.2 Å². The number of Topliss-reactive ketones (excluding diaryl/α,β-unsaturated/α-hetero) is 1. The lowest BCUT2D eigenvalue weighted by Gasteiger charge is -2.34. The highest BCUT2D eigenvalue weighted by Crippen LogP contribution is 2.35. The summed E-state index contributed by atoms with van der Waals surface area (Å²) in [6, 6.07) is 7.12. The lowest BCUT2D eigenvalue weighted by molar-refractivity contribution is -0.117. The summed E-state index contributed by atoms with van der Waals surface area (Å²) in [7, 11) is 0. The highest BCUT2D eigenvalue weighted by molar-refractivity contribution is 7.80. The molecular formula is C13H10N2O3S. The van der Waals surface area contributed by atoms with Crippen molar-refractivity contribution in [2.75, 3.05) is 4.90 Å². The second-order valence-electron chi connectivity index (χ2n) is 4.39. The first-order chi connectivity index (χ1) is 9.02. The Bertz CT molecular complexity index is 666. The molecule has 0 fully saturated rings. The van der Waals surface area contributed by atoms with Crippen LogP contribution in [0.15, 0.2) is 35.6 Å². The summed E-state index contributed by atoms with van der Waals surface area (Å²) in [4.78, 5) is 25.5. The maximum atomic E-state index is 12.1. The van der Waals surface area contributed by atoms with Crippen molar-refractivity contribution < 1.29 is 14.7 Å². The molecule has 19 heavy (non-hydrogen) atoms. The van der Waals surface area contributed by atoms with Gasteiger partial charge in [-0.15, -0.1) is 0 Å². The monoisotopic (exact) mass is 274 g/mol. The lowest BCUT2D eigenvalue weighted by atomic mass is 10.1. The van der Waals surface area contributed by atoms with Gasteiger partial charge >= 0.3 is 0 Å². The van der Waals surface area contributed by atoms with Crippen molar-refractivity contribution in [2.45, 2.75) is 13.1 Å². The topological polar surface area (TPSA) is 69.6 Å². The molecule has 96 valence electrons. The number of benzene rings is 1. The summed E-state index contributed by atoms with van der Waals surface area (Å²) in [6.45, 7) is 1.31. The van der Waals surface area contributed by atoms with Crippen LogP contribution in [0.25, 0.3) is 0 Å². The Balaban J connectivity index is 2.20.